The van der Waals surface area contributed by atoms with Gasteiger partial charge in [0.05, 0.1) is 23.9 Å². The van der Waals surface area contributed by atoms with Crippen molar-refractivity contribution in [3.63, 3.8) is 0 Å². The number of hydrogen-bond acceptors (Lipinski definition) is 2. The summed E-state index contributed by atoms with van der Waals surface area (Å²) in [6.07, 6.45) is 1.88. The fourth-order valence-electron chi connectivity index (χ4n) is 2.30. The van der Waals surface area contributed by atoms with Gasteiger partial charge in [-0.15, -0.1) is 0 Å². The molecule has 20 heavy (non-hydrogen) atoms. The predicted octanol–water partition coefficient (Wildman–Crippen LogP) is 3.28. The molecule has 0 bridgehead atoms. The molecule has 4 heteroatoms. The van der Waals surface area contributed by atoms with E-state index in [-0.39, 0.29) is 11.5 Å². The maximum absolute atomic E-state index is 13.9. The Hall–Kier alpha value is -2.80. The number of nitrogens with two attached hydrogens (primary N) is 1. The molecule has 1 heterocycles. The maximum atomic E-state index is 13.9. The molecule has 0 amide bonds. The molecule has 0 unspecified atom stereocenters. The summed E-state index contributed by atoms with van der Waals surface area (Å²) in [4.78, 5) is 0. The van der Waals surface area contributed by atoms with Gasteiger partial charge in [0.25, 0.3) is 0 Å². The van der Waals surface area contributed by atoms with Crippen LogP contribution in [0.25, 0.3) is 10.9 Å². The largest absolute Gasteiger partial charge is 0.396 e. The van der Waals surface area contributed by atoms with Crippen LogP contribution in [0.4, 0.5) is 10.1 Å². The monoisotopic (exact) mass is 265 g/mol. The van der Waals surface area contributed by atoms with Crippen molar-refractivity contribution in [3.05, 3.63) is 65.6 Å². The lowest BCUT2D eigenvalue weighted by Crippen LogP contribution is -2.03. The van der Waals surface area contributed by atoms with E-state index >= 15 is 0 Å². The second kappa shape index (κ2) is 4.71. The van der Waals surface area contributed by atoms with Crippen LogP contribution < -0.4 is 5.73 Å². The van der Waals surface area contributed by atoms with Crippen LogP contribution in [0.15, 0.2) is 48.7 Å². The van der Waals surface area contributed by atoms with Crippen LogP contribution in [0.5, 0.6) is 0 Å². The summed E-state index contributed by atoms with van der Waals surface area (Å²) in [5, 5.41) is 9.98. The van der Waals surface area contributed by atoms with E-state index < -0.39 is 0 Å². The zero-order valence-corrected chi connectivity index (χ0v) is 10.7. The summed E-state index contributed by atoms with van der Waals surface area (Å²) in [5.74, 6) is -0.384. The van der Waals surface area contributed by atoms with Gasteiger partial charge in [-0.2, -0.15) is 5.26 Å². The number of halogens is 1. The minimum absolute atomic E-state index is 0.150. The van der Waals surface area contributed by atoms with Gasteiger partial charge in [0.2, 0.25) is 0 Å². The summed E-state index contributed by atoms with van der Waals surface area (Å²) in [7, 11) is 0. The molecule has 0 saturated carbocycles. The minimum Gasteiger partial charge on any atom is -0.396 e. The molecular weight excluding hydrogens is 253 g/mol. The summed E-state index contributed by atoms with van der Waals surface area (Å²) >= 11 is 0. The Balaban J connectivity index is 2.07. The molecule has 0 atom stereocenters. The lowest BCUT2D eigenvalue weighted by molar-refractivity contribution is 0.606. The fraction of sp³-hybridized carbons (Fsp3) is 0.0625. The molecule has 0 spiro atoms. The SMILES string of the molecule is N#Cc1ccc2ccn(Cc3cccc(N)c3F)c2c1. The van der Waals surface area contributed by atoms with Gasteiger partial charge in [-0.1, -0.05) is 18.2 Å². The first-order chi connectivity index (χ1) is 9.69. The summed E-state index contributed by atoms with van der Waals surface area (Å²) < 4.78 is 15.9. The first kappa shape index (κ1) is 12.2. The topological polar surface area (TPSA) is 54.7 Å². The van der Waals surface area contributed by atoms with Gasteiger partial charge < -0.3 is 10.3 Å². The summed E-state index contributed by atoms with van der Waals surface area (Å²) in [6.45, 7) is 0.384. The molecule has 3 nitrogen and oxygen atoms in total. The van der Waals surface area contributed by atoms with Crippen LogP contribution in [0.1, 0.15) is 11.1 Å². The Bertz CT molecular complexity index is 827. The lowest BCUT2D eigenvalue weighted by Gasteiger charge is -2.08. The van der Waals surface area contributed by atoms with Crippen molar-refractivity contribution in [1.82, 2.24) is 4.57 Å². The van der Waals surface area contributed by atoms with Crippen LogP contribution in [0.2, 0.25) is 0 Å². The first-order valence-electron chi connectivity index (χ1n) is 6.21. The maximum Gasteiger partial charge on any atom is 0.151 e. The third-order valence-corrected chi connectivity index (χ3v) is 3.35. The lowest BCUT2D eigenvalue weighted by atomic mass is 10.1. The highest BCUT2D eigenvalue weighted by Gasteiger charge is 2.08. The standard InChI is InChI=1S/C16H12FN3/c17-16-13(2-1-3-14(16)19)10-20-7-6-12-5-4-11(9-18)8-15(12)20/h1-8H,10,19H2. The van der Waals surface area contributed by atoms with Gasteiger partial charge in [-0.05, 0) is 29.7 Å². The number of hydrogen-bond donors (Lipinski definition) is 1. The van der Waals surface area contributed by atoms with Gasteiger partial charge in [0.15, 0.2) is 5.82 Å². The molecule has 1 aromatic heterocycles. The Labute approximate surface area is 115 Å². The molecule has 3 aromatic rings. The van der Waals surface area contributed by atoms with Crippen LogP contribution in [0.3, 0.4) is 0 Å². The third-order valence-electron chi connectivity index (χ3n) is 3.35. The Morgan fingerprint density at radius 1 is 1.20 bits per heavy atom. The highest BCUT2D eigenvalue weighted by Crippen LogP contribution is 2.21. The van der Waals surface area contributed by atoms with Gasteiger partial charge in [0, 0.05) is 17.3 Å². The van der Waals surface area contributed by atoms with Gasteiger partial charge in [-0.3, -0.25) is 0 Å². The second-order valence-electron chi connectivity index (χ2n) is 4.65. The van der Waals surface area contributed by atoms with E-state index in [1.807, 2.05) is 22.9 Å². The molecule has 0 aliphatic rings. The molecule has 0 fully saturated rings. The van der Waals surface area contributed by atoms with Crippen molar-refractivity contribution in [1.29, 1.82) is 5.26 Å². The van der Waals surface area contributed by atoms with Crippen LogP contribution in [-0.4, -0.2) is 4.57 Å². The highest BCUT2D eigenvalue weighted by molar-refractivity contribution is 5.81. The number of anilines is 1. The number of fused-ring (bicyclic) bond motifs is 1. The molecule has 0 radical (unpaired) electrons. The zero-order chi connectivity index (χ0) is 14.1. The van der Waals surface area contributed by atoms with Crippen molar-refractivity contribution in [2.24, 2.45) is 0 Å². The van der Waals surface area contributed by atoms with Crippen molar-refractivity contribution >= 4 is 16.6 Å². The first-order valence-corrected chi connectivity index (χ1v) is 6.21. The normalized spacial score (nSPS) is 10.6. The van der Waals surface area contributed by atoms with Crippen molar-refractivity contribution in [2.45, 2.75) is 6.54 Å². The van der Waals surface area contributed by atoms with E-state index in [1.54, 1.807) is 30.3 Å². The summed E-state index contributed by atoms with van der Waals surface area (Å²) in [6, 6.07) is 14.5. The molecule has 0 saturated heterocycles. The van der Waals surface area contributed by atoms with E-state index in [0.29, 0.717) is 17.7 Å². The molecule has 2 N–H and O–H groups in total. The average molecular weight is 265 g/mol. The van der Waals surface area contributed by atoms with E-state index in [9.17, 15) is 4.39 Å². The second-order valence-corrected chi connectivity index (χ2v) is 4.65. The predicted molar refractivity (Wildman–Crippen MR) is 76.6 cm³/mol. The van der Waals surface area contributed by atoms with E-state index in [0.717, 1.165) is 10.9 Å². The van der Waals surface area contributed by atoms with Crippen molar-refractivity contribution in [2.75, 3.05) is 5.73 Å². The van der Waals surface area contributed by atoms with Crippen molar-refractivity contribution in [3.8, 4) is 6.07 Å². The zero-order valence-electron chi connectivity index (χ0n) is 10.7. The third kappa shape index (κ3) is 1.99. The van der Waals surface area contributed by atoms with Gasteiger partial charge >= 0.3 is 0 Å². The van der Waals surface area contributed by atoms with E-state index in [1.165, 1.54) is 0 Å². The number of nitrogen functional groups attached to an aromatic ring is 1. The number of aromatic nitrogens is 1. The van der Waals surface area contributed by atoms with Gasteiger partial charge in [-0.25, -0.2) is 4.39 Å². The number of rotatable bonds is 2. The van der Waals surface area contributed by atoms with Crippen LogP contribution in [-0.2, 0) is 6.54 Å². The quantitative estimate of drug-likeness (QED) is 0.723. The van der Waals surface area contributed by atoms with E-state index in [4.69, 9.17) is 11.0 Å². The smallest absolute Gasteiger partial charge is 0.151 e. The Kier molecular flexibility index (Phi) is 2.88. The fourth-order valence-corrected chi connectivity index (χ4v) is 2.30. The Morgan fingerprint density at radius 2 is 2.05 bits per heavy atom. The Morgan fingerprint density at radius 3 is 2.85 bits per heavy atom. The minimum atomic E-state index is -0.384. The van der Waals surface area contributed by atoms with Crippen LogP contribution in [0, 0.1) is 17.1 Å². The summed E-state index contributed by atoms with van der Waals surface area (Å²) in [5.41, 5.74) is 7.76. The van der Waals surface area contributed by atoms with Crippen LogP contribution >= 0.6 is 0 Å². The molecule has 0 aliphatic carbocycles. The number of nitriles is 1. The molecular formula is C16H12FN3. The number of benzene rings is 2. The van der Waals surface area contributed by atoms with E-state index in [2.05, 4.69) is 6.07 Å². The number of nitrogens with zero attached hydrogens (tertiary/aromatic N) is 2. The molecule has 98 valence electrons. The highest BCUT2D eigenvalue weighted by atomic mass is 19.1. The molecule has 3 rings (SSSR count). The van der Waals surface area contributed by atoms with Gasteiger partial charge in [0.1, 0.15) is 0 Å². The average Bonchev–Trinajstić information content (AvgIpc) is 2.86. The molecule has 0 aliphatic heterocycles. The van der Waals surface area contributed by atoms with Crippen molar-refractivity contribution < 1.29 is 4.39 Å². The molecule has 2 aromatic carbocycles.